The van der Waals surface area contributed by atoms with Crippen molar-refractivity contribution in [3.63, 3.8) is 0 Å². The lowest BCUT2D eigenvalue weighted by molar-refractivity contribution is 0.207. The molecule has 0 saturated heterocycles. The summed E-state index contributed by atoms with van der Waals surface area (Å²) < 4.78 is 1.88. The van der Waals surface area contributed by atoms with Gasteiger partial charge in [0.2, 0.25) is 0 Å². The van der Waals surface area contributed by atoms with Crippen molar-refractivity contribution < 1.29 is 5.11 Å². The molecule has 0 aliphatic heterocycles. The summed E-state index contributed by atoms with van der Waals surface area (Å²) in [6.07, 6.45) is 3.85. The molecule has 0 atom stereocenters. The van der Waals surface area contributed by atoms with Crippen molar-refractivity contribution in [3.8, 4) is 0 Å². The van der Waals surface area contributed by atoms with E-state index >= 15 is 0 Å². The SMILES string of the molecule is CCn1ncnc1CNCC1(CO)CC1. The molecular weight excluding hydrogens is 192 g/mol. The molecule has 1 aromatic heterocycles. The zero-order valence-electron chi connectivity index (χ0n) is 9.11. The number of nitrogens with zero attached hydrogens (tertiary/aromatic N) is 3. The molecule has 1 aromatic rings. The topological polar surface area (TPSA) is 63.0 Å². The van der Waals surface area contributed by atoms with Gasteiger partial charge in [0.1, 0.15) is 12.2 Å². The van der Waals surface area contributed by atoms with E-state index < -0.39 is 0 Å². The van der Waals surface area contributed by atoms with Gasteiger partial charge >= 0.3 is 0 Å². The molecule has 1 saturated carbocycles. The van der Waals surface area contributed by atoms with Crippen LogP contribution in [0.5, 0.6) is 0 Å². The van der Waals surface area contributed by atoms with Gasteiger partial charge in [-0.25, -0.2) is 9.67 Å². The van der Waals surface area contributed by atoms with Gasteiger partial charge in [-0.15, -0.1) is 0 Å². The Hall–Kier alpha value is -0.940. The van der Waals surface area contributed by atoms with Crippen molar-refractivity contribution in [2.45, 2.75) is 32.9 Å². The maximum absolute atomic E-state index is 9.14. The summed E-state index contributed by atoms with van der Waals surface area (Å²) in [6, 6.07) is 0. The van der Waals surface area contributed by atoms with Crippen molar-refractivity contribution in [2.24, 2.45) is 5.41 Å². The minimum atomic E-state index is 0.164. The second-order valence-electron chi connectivity index (χ2n) is 4.25. The number of aliphatic hydroxyl groups excluding tert-OH is 1. The highest BCUT2D eigenvalue weighted by Gasteiger charge is 2.41. The summed E-state index contributed by atoms with van der Waals surface area (Å²) >= 11 is 0. The minimum Gasteiger partial charge on any atom is -0.396 e. The smallest absolute Gasteiger partial charge is 0.140 e. The first-order chi connectivity index (χ1) is 7.29. The van der Waals surface area contributed by atoms with Gasteiger partial charge < -0.3 is 10.4 Å². The normalized spacial score (nSPS) is 18.0. The van der Waals surface area contributed by atoms with Crippen LogP contribution >= 0.6 is 0 Å². The second-order valence-corrected chi connectivity index (χ2v) is 4.25. The maximum Gasteiger partial charge on any atom is 0.140 e. The Labute approximate surface area is 89.5 Å². The fourth-order valence-corrected chi connectivity index (χ4v) is 1.70. The molecule has 1 fully saturated rings. The predicted octanol–water partition coefficient (Wildman–Crippen LogP) is 0.160. The Kier molecular flexibility index (Phi) is 3.02. The highest BCUT2D eigenvalue weighted by molar-refractivity contribution is 4.95. The molecule has 0 radical (unpaired) electrons. The Morgan fingerprint density at radius 1 is 1.60 bits per heavy atom. The third kappa shape index (κ3) is 2.35. The van der Waals surface area contributed by atoms with Gasteiger partial charge in [0.05, 0.1) is 6.54 Å². The van der Waals surface area contributed by atoms with Crippen molar-refractivity contribution in [1.82, 2.24) is 20.1 Å². The number of hydrogen-bond donors (Lipinski definition) is 2. The van der Waals surface area contributed by atoms with Crippen LogP contribution in [0.1, 0.15) is 25.6 Å². The standard InChI is InChI=1S/C10H18N4O/c1-2-14-9(12-8-13-14)5-11-6-10(7-15)3-4-10/h8,11,15H,2-7H2,1H3. The van der Waals surface area contributed by atoms with E-state index in [0.717, 1.165) is 38.3 Å². The first-order valence-corrected chi connectivity index (χ1v) is 5.48. The lowest BCUT2D eigenvalue weighted by Gasteiger charge is -2.12. The van der Waals surface area contributed by atoms with Crippen LogP contribution in [0.3, 0.4) is 0 Å². The quantitative estimate of drug-likeness (QED) is 0.702. The Bertz CT molecular complexity index is 319. The monoisotopic (exact) mass is 210 g/mol. The van der Waals surface area contributed by atoms with E-state index in [4.69, 9.17) is 5.11 Å². The molecule has 5 heteroatoms. The average molecular weight is 210 g/mol. The van der Waals surface area contributed by atoms with E-state index in [1.165, 1.54) is 0 Å². The Balaban J connectivity index is 1.78. The number of nitrogens with one attached hydrogen (secondary N) is 1. The number of hydrogen-bond acceptors (Lipinski definition) is 4. The molecule has 5 nitrogen and oxygen atoms in total. The summed E-state index contributed by atoms with van der Waals surface area (Å²) in [6.45, 7) is 4.80. The Morgan fingerprint density at radius 3 is 3.00 bits per heavy atom. The van der Waals surface area contributed by atoms with Crippen LogP contribution in [-0.2, 0) is 13.1 Å². The van der Waals surface area contributed by atoms with Crippen LogP contribution in [0, 0.1) is 5.41 Å². The lowest BCUT2D eigenvalue weighted by atomic mass is 10.1. The fourth-order valence-electron chi connectivity index (χ4n) is 1.70. The second kappa shape index (κ2) is 4.28. The van der Waals surface area contributed by atoms with Gasteiger partial charge in [-0.1, -0.05) is 0 Å². The van der Waals surface area contributed by atoms with E-state index in [0.29, 0.717) is 6.61 Å². The van der Waals surface area contributed by atoms with E-state index in [-0.39, 0.29) is 5.41 Å². The van der Waals surface area contributed by atoms with Gasteiger partial charge in [0.25, 0.3) is 0 Å². The van der Waals surface area contributed by atoms with Crippen LogP contribution in [0.25, 0.3) is 0 Å². The van der Waals surface area contributed by atoms with Crippen LogP contribution < -0.4 is 5.32 Å². The van der Waals surface area contributed by atoms with Gasteiger partial charge in [-0.2, -0.15) is 5.10 Å². The van der Waals surface area contributed by atoms with Crippen molar-refractivity contribution >= 4 is 0 Å². The van der Waals surface area contributed by atoms with Gasteiger partial charge in [-0.3, -0.25) is 0 Å². The number of rotatable bonds is 6. The summed E-state index contributed by atoms with van der Waals surface area (Å²) in [5, 5.41) is 16.6. The molecule has 84 valence electrons. The molecule has 1 heterocycles. The molecule has 2 N–H and O–H groups in total. The van der Waals surface area contributed by atoms with Crippen LogP contribution in [0.2, 0.25) is 0 Å². The molecule has 0 spiro atoms. The van der Waals surface area contributed by atoms with Crippen LogP contribution in [-0.4, -0.2) is 33.0 Å². The Morgan fingerprint density at radius 2 is 2.40 bits per heavy atom. The first kappa shape index (κ1) is 10.6. The van der Waals surface area contributed by atoms with E-state index in [1.807, 2.05) is 11.6 Å². The van der Waals surface area contributed by atoms with Crippen LogP contribution in [0.15, 0.2) is 6.33 Å². The zero-order valence-corrected chi connectivity index (χ0v) is 9.11. The third-order valence-corrected chi connectivity index (χ3v) is 3.07. The molecule has 1 aliphatic rings. The highest BCUT2D eigenvalue weighted by atomic mass is 16.3. The third-order valence-electron chi connectivity index (χ3n) is 3.07. The molecule has 0 amide bonds. The van der Waals surface area contributed by atoms with Gasteiger partial charge in [0, 0.05) is 25.1 Å². The predicted molar refractivity (Wildman–Crippen MR) is 56.2 cm³/mol. The number of aliphatic hydroxyl groups is 1. The van der Waals surface area contributed by atoms with Crippen molar-refractivity contribution in [1.29, 1.82) is 0 Å². The highest BCUT2D eigenvalue weighted by Crippen LogP contribution is 2.44. The molecule has 0 bridgehead atoms. The zero-order chi connectivity index (χ0) is 10.7. The van der Waals surface area contributed by atoms with Gasteiger partial charge in [0.15, 0.2) is 0 Å². The summed E-state index contributed by atoms with van der Waals surface area (Å²) in [7, 11) is 0. The first-order valence-electron chi connectivity index (χ1n) is 5.48. The van der Waals surface area contributed by atoms with E-state index in [1.54, 1.807) is 6.33 Å². The van der Waals surface area contributed by atoms with E-state index in [9.17, 15) is 0 Å². The van der Waals surface area contributed by atoms with E-state index in [2.05, 4.69) is 15.4 Å². The minimum absolute atomic E-state index is 0.164. The fraction of sp³-hybridized carbons (Fsp3) is 0.800. The lowest BCUT2D eigenvalue weighted by Crippen LogP contribution is -2.27. The molecule has 1 aliphatic carbocycles. The summed E-state index contributed by atoms with van der Waals surface area (Å²) in [5.41, 5.74) is 0.164. The average Bonchev–Trinajstić information content (AvgIpc) is 2.90. The molecular formula is C10H18N4O. The van der Waals surface area contributed by atoms with Gasteiger partial charge in [-0.05, 0) is 19.8 Å². The maximum atomic E-state index is 9.14. The molecule has 0 unspecified atom stereocenters. The molecule has 2 rings (SSSR count). The largest absolute Gasteiger partial charge is 0.396 e. The number of aryl methyl sites for hydroxylation is 1. The van der Waals surface area contributed by atoms with Crippen molar-refractivity contribution in [3.05, 3.63) is 12.2 Å². The van der Waals surface area contributed by atoms with Crippen molar-refractivity contribution in [2.75, 3.05) is 13.2 Å². The van der Waals surface area contributed by atoms with Crippen LogP contribution in [0.4, 0.5) is 0 Å². The number of aromatic nitrogens is 3. The summed E-state index contributed by atoms with van der Waals surface area (Å²) in [4.78, 5) is 4.18. The summed E-state index contributed by atoms with van der Waals surface area (Å²) in [5.74, 6) is 0.964. The molecule has 0 aromatic carbocycles. The molecule has 15 heavy (non-hydrogen) atoms.